The molecule has 33 heavy (non-hydrogen) atoms. The van der Waals surface area contributed by atoms with Crippen LogP contribution < -0.4 is 0 Å². The maximum atomic E-state index is 12.5. The summed E-state index contributed by atoms with van der Waals surface area (Å²) in [6.45, 7) is 8.50. The minimum atomic E-state index is -0.543. The van der Waals surface area contributed by atoms with Gasteiger partial charge in [-0.2, -0.15) is 0 Å². The lowest BCUT2D eigenvalue weighted by atomic mass is 9.46. The van der Waals surface area contributed by atoms with Crippen LogP contribution in [0.15, 0.2) is 59.9 Å². The highest BCUT2D eigenvalue weighted by Crippen LogP contribution is 2.61. The van der Waals surface area contributed by atoms with E-state index < -0.39 is 17.5 Å². The summed E-state index contributed by atoms with van der Waals surface area (Å²) in [6.07, 6.45) is 9.98. The summed E-state index contributed by atoms with van der Waals surface area (Å²) in [6, 6.07) is 5.15. The number of carbonyl (C=O) groups is 1. The van der Waals surface area contributed by atoms with Gasteiger partial charge in [0, 0.05) is 21.4 Å². The second-order valence-corrected chi connectivity index (χ2v) is 10.9. The van der Waals surface area contributed by atoms with Gasteiger partial charge in [-0.15, -0.1) is 0 Å². The normalized spacial score (nSPS) is 35.6. The first-order valence-electron chi connectivity index (χ1n) is 11.3. The van der Waals surface area contributed by atoms with Gasteiger partial charge in [0.2, 0.25) is 0 Å². The predicted octanol–water partition coefficient (Wildman–Crippen LogP) is 6.12. The summed E-state index contributed by atoms with van der Waals surface area (Å²) in [5.41, 5.74) is 1.61. The molecule has 0 radical (unpaired) electrons. The van der Waals surface area contributed by atoms with Crippen molar-refractivity contribution in [3.63, 3.8) is 0 Å². The van der Waals surface area contributed by atoms with E-state index in [1.54, 1.807) is 30.4 Å². The molecular weight excluding hydrogens is 459 g/mol. The van der Waals surface area contributed by atoms with Crippen LogP contribution in [0.1, 0.15) is 45.1 Å². The minimum absolute atomic E-state index is 0.0436. The zero-order chi connectivity index (χ0) is 24.0. The molecule has 2 fully saturated rings. The lowest BCUT2D eigenvalue weighted by Gasteiger charge is -2.59. The maximum Gasteiger partial charge on any atom is 0.343 e. The average molecular weight is 489 g/mol. The van der Waals surface area contributed by atoms with E-state index in [-0.39, 0.29) is 23.9 Å². The van der Waals surface area contributed by atoms with E-state index in [9.17, 15) is 15.0 Å². The second-order valence-electron chi connectivity index (χ2n) is 10.0. The van der Waals surface area contributed by atoms with E-state index in [0.29, 0.717) is 33.4 Å². The summed E-state index contributed by atoms with van der Waals surface area (Å²) in [4.78, 5) is 12.5. The van der Waals surface area contributed by atoms with Crippen molar-refractivity contribution in [3.8, 4) is 0 Å². The van der Waals surface area contributed by atoms with E-state index in [1.165, 1.54) is 0 Å². The molecule has 1 aliphatic heterocycles. The van der Waals surface area contributed by atoms with Crippen LogP contribution >= 0.6 is 23.2 Å². The van der Waals surface area contributed by atoms with Gasteiger partial charge in [0.1, 0.15) is 5.76 Å². The summed E-state index contributed by atoms with van der Waals surface area (Å²) >= 11 is 12.2. The van der Waals surface area contributed by atoms with Gasteiger partial charge in [-0.1, -0.05) is 67.4 Å². The molecule has 176 valence electrons. The molecule has 0 bridgehead atoms. The van der Waals surface area contributed by atoms with Crippen molar-refractivity contribution in [2.45, 2.75) is 45.6 Å². The number of aliphatic hydroxyl groups excluding tert-OH is 2. The Bertz CT molecular complexity index is 1070. The van der Waals surface area contributed by atoms with Gasteiger partial charge in [-0.25, -0.2) is 4.79 Å². The number of esters is 1. The smallest absolute Gasteiger partial charge is 0.343 e. The molecule has 1 aromatic rings. The molecule has 1 aromatic carbocycles. The Morgan fingerprint density at radius 1 is 1.27 bits per heavy atom. The van der Waals surface area contributed by atoms with Gasteiger partial charge < -0.3 is 14.9 Å². The fourth-order valence-corrected chi connectivity index (χ4v) is 6.52. The number of halogens is 2. The number of cyclic esters (lactones) is 1. The van der Waals surface area contributed by atoms with Crippen LogP contribution in [0.25, 0.3) is 6.08 Å². The molecule has 4 nitrogen and oxygen atoms in total. The maximum absolute atomic E-state index is 12.5. The monoisotopic (exact) mass is 488 g/mol. The van der Waals surface area contributed by atoms with Gasteiger partial charge in [-0.05, 0) is 66.9 Å². The van der Waals surface area contributed by atoms with E-state index in [1.807, 2.05) is 13.0 Å². The standard InChI is InChI=1S/C27H30Cl2O4/c1-16-4-9-23-26(2,11-10-24(31)27(23,3)15-30)21(16)8-6-18-13-20(33-25(18)32)12-17-5-7-19(28)14-22(17)29/h5-8,12-14,21,23-24,30-31H,1,4,9-11,15H2,2-3H3/b8-6+,20-12+. The molecular formula is C27H30Cl2O4. The van der Waals surface area contributed by atoms with Crippen LogP contribution in [-0.4, -0.2) is 28.9 Å². The molecule has 3 aliphatic rings. The summed E-state index contributed by atoms with van der Waals surface area (Å²) in [7, 11) is 0. The number of fused-ring (bicyclic) bond motifs is 1. The van der Waals surface area contributed by atoms with E-state index in [2.05, 4.69) is 19.6 Å². The Morgan fingerprint density at radius 3 is 2.73 bits per heavy atom. The second kappa shape index (κ2) is 9.07. The Morgan fingerprint density at radius 2 is 2.03 bits per heavy atom. The number of benzene rings is 1. The topological polar surface area (TPSA) is 66.8 Å². The number of carbonyl (C=O) groups excluding carboxylic acids is 1. The Labute approximate surface area is 205 Å². The molecule has 2 saturated carbocycles. The zero-order valence-electron chi connectivity index (χ0n) is 19.0. The summed E-state index contributed by atoms with van der Waals surface area (Å²) in [5, 5.41) is 21.8. The van der Waals surface area contributed by atoms with E-state index in [4.69, 9.17) is 27.9 Å². The van der Waals surface area contributed by atoms with Gasteiger partial charge in [0.05, 0.1) is 18.3 Å². The van der Waals surface area contributed by atoms with Gasteiger partial charge >= 0.3 is 5.97 Å². The Balaban J connectivity index is 1.61. The highest BCUT2D eigenvalue weighted by Gasteiger charge is 2.57. The predicted molar refractivity (Wildman–Crippen MR) is 132 cm³/mol. The number of hydrogen-bond acceptors (Lipinski definition) is 4. The van der Waals surface area contributed by atoms with E-state index >= 15 is 0 Å². The lowest BCUT2D eigenvalue weighted by molar-refractivity contribution is -0.145. The molecule has 0 saturated heterocycles. The van der Waals surface area contributed by atoms with Gasteiger partial charge in [0.15, 0.2) is 0 Å². The largest absolute Gasteiger partial charge is 0.423 e. The van der Waals surface area contributed by atoms with Crippen LogP contribution in [0.2, 0.25) is 10.0 Å². The Hall–Kier alpha value is -1.85. The van der Waals surface area contributed by atoms with Crippen LogP contribution in [0.5, 0.6) is 0 Å². The van der Waals surface area contributed by atoms with Gasteiger partial charge in [-0.3, -0.25) is 0 Å². The third-order valence-corrected chi connectivity index (χ3v) is 8.59. The SMILES string of the molecule is C=C1CCC2C(C)(CO)C(O)CCC2(C)C1/C=C/C1=CC(=C\c2ccc(Cl)cc2Cl)/OC1=O. The third-order valence-electron chi connectivity index (χ3n) is 8.03. The minimum Gasteiger partial charge on any atom is -0.423 e. The van der Waals surface area contributed by atoms with Gasteiger partial charge in [0.25, 0.3) is 0 Å². The lowest BCUT2D eigenvalue weighted by Crippen LogP contribution is -2.57. The third kappa shape index (κ3) is 4.35. The number of allylic oxidation sites excluding steroid dienone is 3. The molecule has 2 N–H and O–H groups in total. The van der Waals surface area contributed by atoms with Crippen molar-refractivity contribution in [2.24, 2.45) is 22.7 Å². The van der Waals surface area contributed by atoms with Crippen LogP contribution in [0, 0.1) is 22.7 Å². The highest BCUT2D eigenvalue weighted by atomic mass is 35.5. The van der Waals surface area contributed by atoms with Crippen molar-refractivity contribution >= 4 is 35.2 Å². The first-order valence-corrected chi connectivity index (χ1v) is 12.1. The first kappa shape index (κ1) is 24.3. The molecule has 2 aliphatic carbocycles. The summed E-state index contributed by atoms with van der Waals surface area (Å²) in [5.74, 6) is 0.210. The fourth-order valence-electron chi connectivity index (χ4n) is 6.06. The number of rotatable bonds is 4. The molecule has 5 atom stereocenters. The highest BCUT2D eigenvalue weighted by molar-refractivity contribution is 6.35. The van der Waals surface area contributed by atoms with Crippen molar-refractivity contribution in [1.82, 2.24) is 0 Å². The first-order chi connectivity index (χ1) is 15.6. The fraction of sp³-hybridized carbons (Fsp3) is 0.444. The van der Waals surface area contributed by atoms with Crippen molar-refractivity contribution < 1.29 is 19.7 Å². The van der Waals surface area contributed by atoms with Crippen molar-refractivity contribution in [2.75, 3.05) is 6.61 Å². The molecule has 1 heterocycles. The quantitative estimate of drug-likeness (QED) is 0.395. The van der Waals surface area contributed by atoms with E-state index in [0.717, 1.165) is 24.8 Å². The molecule has 5 unspecified atom stereocenters. The molecule has 0 amide bonds. The van der Waals surface area contributed by atoms with Crippen LogP contribution in [0.4, 0.5) is 0 Å². The summed E-state index contributed by atoms with van der Waals surface area (Å²) < 4.78 is 5.42. The zero-order valence-corrected chi connectivity index (χ0v) is 20.5. The molecule has 4 rings (SSSR count). The average Bonchev–Trinajstić information content (AvgIpc) is 3.11. The van der Waals surface area contributed by atoms with Crippen LogP contribution in [-0.2, 0) is 9.53 Å². The molecule has 6 heteroatoms. The number of hydrogen-bond donors (Lipinski definition) is 2. The number of ether oxygens (including phenoxy) is 1. The van der Waals surface area contributed by atoms with Crippen molar-refractivity contribution in [1.29, 1.82) is 0 Å². The Kier molecular flexibility index (Phi) is 6.67. The molecule has 0 spiro atoms. The molecule has 0 aromatic heterocycles. The van der Waals surface area contributed by atoms with Crippen LogP contribution in [0.3, 0.4) is 0 Å². The number of aliphatic hydroxyl groups is 2. The van der Waals surface area contributed by atoms with Crippen molar-refractivity contribution in [3.05, 3.63) is 75.5 Å².